The Morgan fingerprint density at radius 3 is 2.32 bits per heavy atom. The first-order valence-corrected chi connectivity index (χ1v) is 8.32. The first-order chi connectivity index (χ1) is 12.0. The molecule has 25 heavy (non-hydrogen) atoms. The molecule has 0 radical (unpaired) electrons. The molecule has 0 spiro atoms. The van der Waals surface area contributed by atoms with Crippen LogP contribution in [-0.4, -0.2) is 26.2 Å². The highest BCUT2D eigenvalue weighted by Gasteiger charge is 2.21. The molecule has 1 amide bonds. The van der Waals surface area contributed by atoms with E-state index in [1.165, 1.54) is 14.2 Å². The molecule has 5 nitrogen and oxygen atoms in total. The minimum absolute atomic E-state index is 0.272. The van der Waals surface area contributed by atoms with Crippen molar-refractivity contribution in [1.82, 2.24) is 0 Å². The van der Waals surface area contributed by atoms with Gasteiger partial charge in [0.1, 0.15) is 17.2 Å². The zero-order valence-electron chi connectivity index (χ0n) is 14.8. The van der Waals surface area contributed by atoms with Gasteiger partial charge in [0.25, 0.3) is 5.91 Å². The van der Waals surface area contributed by atoms with Gasteiger partial charge < -0.3 is 19.5 Å². The number of amides is 1. The summed E-state index contributed by atoms with van der Waals surface area (Å²) in [5.74, 6) is 1.27. The standard InChI is InChI=1S/C19H22ClNO4/c1-5-16(25-13-8-6-12(2)7-9-13)19(22)21-15-11-17(23-3)14(20)10-18(15)24-4/h6-11,16H,5H2,1-4H3,(H,21,22)/t16-/m0/s1. The Hall–Kier alpha value is -2.40. The van der Waals surface area contributed by atoms with Gasteiger partial charge in [-0.3, -0.25) is 4.79 Å². The zero-order chi connectivity index (χ0) is 18.4. The maximum atomic E-state index is 12.6. The van der Waals surface area contributed by atoms with Gasteiger partial charge in [0.2, 0.25) is 0 Å². The molecule has 0 fully saturated rings. The molecule has 0 unspecified atom stereocenters. The number of anilines is 1. The minimum Gasteiger partial charge on any atom is -0.495 e. The molecule has 1 atom stereocenters. The molecule has 2 aromatic rings. The van der Waals surface area contributed by atoms with E-state index in [-0.39, 0.29) is 5.91 Å². The fourth-order valence-electron chi connectivity index (χ4n) is 2.27. The summed E-state index contributed by atoms with van der Waals surface area (Å²) in [6, 6.07) is 10.8. The second-order valence-electron chi connectivity index (χ2n) is 5.50. The number of ether oxygens (including phenoxy) is 3. The highest BCUT2D eigenvalue weighted by molar-refractivity contribution is 6.32. The number of methoxy groups -OCH3 is 2. The first kappa shape index (κ1) is 18.9. The van der Waals surface area contributed by atoms with Gasteiger partial charge in [-0.25, -0.2) is 0 Å². The predicted octanol–water partition coefficient (Wildman–Crippen LogP) is 4.46. The molecule has 0 aliphatic heterocycles. The van der Waals surface area contributed by atoms with E-state index in [1.807, 2.05) is 38.1 Å². The molecule has 2 rings (SSSR count). The van der Waals surface area contributed by atoms with E-state index in [1.54, 1.807) is 12.1 Å². The molecular weight excluding hydrogens is 342 g/mol. The highest BCUT2D eigenvalue weighted by Crippen LogP contribution is 2.36. The quantitative estimate of drug-likeness (QED) is 0.789. The highest BCUT2D eigenvalue weighted by atomic mass is 35.5. The van der Waals surface area contributed by atoms with E-state index in [0.717, 1.165) is 5.56 Å². The van der Waals surface area contributed by atoms with Crippen LogP contribution in [0.4, 0.5) is 5.69 Å². The van der Waals surface area contributed by atoms with E-state index in [2.05, 4.69) is 5.32 Å². The maximum Gasteiger partial charge on any atom is 0.265 e. The average Bonchev–Trinajstić information content (AvgIpc) is 2.62. The maximum absolute atomic E-state index is 12.6. The normalized spacial score (nSPS) is 11.6. The molecule has 0 aromatic heterocycles. The van der Waals surface area contributed by atoms with Gasteiger partial charge in [0.05, 0.1) is 24.9 Å². The molecule has 6 heteroatoms. The third kappa shape index (κ3) is 4.79. The minimum atomic E-state index is -0.630. The summed E-state index contributed by atoms with van der Waals surface area (Å²) >= 11 is 6.08. The van der Waals surface area contributed by atoms with Crippen molar-refractivity contribution in [2.24, 2.45) is 0 Å². The van der Waals surface area contributed by atoms with Crippen LogP contribution < -0.4 is 19.5 Å². The van der Waals surface area contributed by atoms with Crippen LogP contribution in [0.3, 0.4) is 0 Å². The van der Waals surface area contributed by atoms with Gasteiger partial charge in [-0.2, -0.15) is 0 Å². The van der Waals surface area contributed by atoms with Crippen LogP contribution in [0.2, 0.25) is 5.02 Å². The van der Waals surface area contributed by atoms with Crippen LogP contribution in [0.1, 0.15) is 18.9 Å². The molecule has 0 aliphatic carbocycles. The second-order valence-corrected chi connectivity index (χ2v) is 5.91. The summed E-state index contributed by atoms with van der Waals surface area (Å²) in [6.45, 7) is 3.88. The third-order valence-electron chi connectivity index (χ3n) is 3.69. The number of carbonyl (C=O) groups is 1. The van der Waals surface area contributed by atoms with E-state index in [0.29, 0.717) is 34.4 Å². The number of halogens is 1. The van der Waals surface area contributed by atoms with Crippen LogP contribution >= 0.6 is 11.6 Å². The van der Waals surface area contributed by atoms with Crippen LogP contribution in [-0.2, 0) is 4.79 Å². The van der Waals surface area contributed by atoms with Crippen molar-refractivity contribution in [1.29, 1.82) is 0 Å². The number of hydrogen-bond acceptors (Lipinski definition) is 4. The van der Waals surface area contributed by atoms with Crippen molar-refractivity contribution < 1.29 is 19.0 Å². The largest absolute Gasteiger partial charge is 0.495 e. The van der Waals surface area contributed by atoms with Gasteiger partial charge in [-0.15, -0.1) is 0 Å². The molecule has 0 saturated heterocycles. The summed E-state index contributed by atoms with van der Waals surface area (Å²) in [4.78, 5) is 12.6. The van der Waals surface area contributed by atoms with Gasteiger partial charge in [-0.1, -0.05) is 36.2 Å². The number of nitrogens with one attached hydrogen (secondary N) is 1. The lowest BCUT2D eigenvalue weighted by Gasteiger charge is -2.19. The third-order valence-corrected chi connectivity index (χ3v) is 3.99. The molecule has 0 heterocycles. The molecule has 0 aliphatic rings. The molecule has 0 bridgehead atoms. The fraction of sp³-hybridized carbons (Fsp3) is 0.316. The Bertz CT molecular complexity index is 731. The van der Waals surface area contributed by atoms with Gasteiger partial charge in [0, 0.05) is 12.1 Å². The van der Waals surface area contributed by atoms with Crippen molar-refractivity contribution >= 4 is 23.2 Å². The zero-order valence-corrected chi connectivity index (χ0v) is 15.5. The van der Waals surface area contributed by atoms with Crippen molar-refractivity contribution in [2.75, 3.05) is 19.5 Å². The molecule has 1 N–H and O–H groups in total. The summed E-state index contributed by atoms with van der Waals surface area (Å²) in [5.41, 5.74) is 1.60. The second kappa shape index (κ2) is 8.62. The van der Waals surface area contributed by atoms with Crippen molar-refractivity contribution in [3.05, 3.63) is 47.0 Å². The predicted molar refractivity (Wildman–Crippen MR) is 99.1 cm³/mol. The number of hydrogen-bond donors (Lipinski definition) is 1. The summed E-state index contributed by atoms with van der Waals surface area (Å²) in [5, 5.41) is 3.22. The van der Waals surface area contributed by atoms with E-state index in [9.17, 15) is 4.79 Å². The number of carbonyl (C=O) groups excluding carboxylic acids is 1. The number of rotatable bonds is 7. The molecular formula is C19H22ClNO4. The fourth-order valence-corrected chi connectivity index (χ4v) is 2.51. The van der Waals surface area contributed by atoms with E-state index in [4.69, 9.17) is 25.8 Å². The van der Waals surface area contributed by atoms with Crippen LogP contribution in [0.5, 0.6) is 17.2 Å². The summed E-state index contributed by atoms with van der Waals surface area (Å²) in [7, 11) is 3.02. The summed E-state index contributed by atoms with van der Waals surface area (Å²) < 4.78 is 16.3. The lowest BCUT2D eigenvalue weighted by Crippen LogP contribution is -2.32. The number of benzene rings is 2. The van der Waals surface area contributed by atoms with E-state index < -0.39 is 6.10 Å². The molecule has 134 valence electrons. The lowest BCUT2D eigenvalue weighted by molar-refractivity contribution is -0.122. The van der Waals surface area contributed by atoms with Crippen LogP contribution in [0, 0.1) is 6.92 Å². The monoisotopic (exact) mass is 363 g/mol. The van der Waals surface area contributed by atoms with Crippen LogP contribution in [0.25, 0.3) is 0 Å². The van der Waals surface area contributed by atoms with Crippen molar-refractivity contribution in [3.63, 3.8) is 0 Å². The van der Waals surface area contributed by atoms with Gasteiger partial charge >= 0.3 is 0 Å². The Morgan fingerprint density at radius 2 is 1.76 bits per heavy atom. The lowest BCUT2D eigenvalue weighted by atomic mass is 10.2. The first-order valence-electron chi connectivity index (χ1n) is 7.94. The van der Waals surface area contributed by atoms with Crippen molar-refractivity contribution in [2.45, 2.75) is 26.4 Å². The Morgan fingerprint density at radius 1 is 1.12 bits per heavy atom. The van der Waals surface area contributed by atoms with Gasteiger partial charge in [0.15, 0.2) is 6.10 Å². The Labute approximate surface area is 152 Å². The summed E-state index contributed by atoms with van der Waals surface area (Å²) in [6.07, 6.45) is -0.110. The smallest absolute Gasteiger partial charge is 0.265 e. The van der Waals surface area contributed by atoms with Gasteiger partial charge in [-0.05, 0) is 25.5 Å². The van der Waals surface area contributed by atoms with E-state index >= 15 is 0 Å². The Kier molecular flexibility index (Phi) is 6.53. The average molecular weight is 364 g/mol. The number of aryl methyl sites for hydroxylation is 1. The SMILES string of the molecule is CC[C@H](Oc1ccc(C)cc1)C(=O)Nc1cc(OC)c(Cl)cc1OC. The van der Waals surface area contributed by atoms with Crippen LogP contribution in [0.15, 0.2) is 36.4 Å². The topological polar surface area (TPSA) is 56.8 Å². The molecule has 2 aromatic carbocycles. The Balaban J connectivity index is 2.17. The van der Waals surface area contributed by atoms with Crippen molar-refractivity contribution in [3.8, 4) is 17.2 Å². The molecule has 0 saturated carbocycles.